The molecule has 0 atom stereocenters. The van der Waals surface area contributed by atoms with Crippen LogP contribution in [0.15, 0.2) is 41.7 Å². The molecule has 3 N–H and O–H groups in total. The second kappa shape index (κ2) is 10.4. The van der Waals surface area contributed by atoms with Gasteiger partial charge < -0.3 is 15.4 Å². The van der Waals surface area contributed by atoms with Gasteiger partial charge in [0.15, 0.2) is 10.8 Å². The number of fused-ring (bicyclic) bond motifs is 1. The number of benzene rings is 1. The van der Waals surface area contributed by atoms with Crippen molar-refractivity contribution in [2.75, 3.05) is 38.4 Å². The molecule has 4 aromatic rings. The number of rotatable bonds is 10. The van der Waals surface area contributed by atoms with Gasteiger partial charge >= 0.3 is 0 Å². The molecule has 3 aromatic heterocycles. The third kappa shape index (κ3) is 5.29. The van der Waals surface area contributed by atoms with Crippen molar-refractivity contribution in [2.24, 2.45) is 0 Å². The van der Waals surface area contributed by atoms with E-state index in [1.54, 1.807) is 36.2 Å². The van der Waals surface area contributed by atoms with Gasteiger partial charge in [-0.15, -0.1) is 0 Å². The number of carbonyl (C=O) groups excluding carboxylic acids is 1. The molecule has 0 saturated heterocycles. The van der Waals surface area contributed by atoms with Crippen molar-refractivity contribution < 1.29 is 13.9 Å². The van der Waals surface area contributed by atoms with Gasteiger partial charge in [-0.3, -0.25) is 9.89 Å². The Labute approximate surface area is 193 Å². The van der Waals surface area contributed by atoms with Crippen LogP contribution in [0.25, 0.3) is 22.3 Å². The Morgan fingerprint density at radius 3 is 2.82 bits per heavy atom. The van der Waals surface area contributed by atoms with Gasteiger partial charge in [0, 0.05) is 25.8 Å². The van der Waals surface area contributed by atoms with Gasteiger partial charge in [0.25, 0.3) is 5.91 Å². The summed E-state index contributed by atoms with van der Waals surface area (Å²) in [5.74, 6) is 0.0716. The van der Waals surface area contributed by atoms with Crippen molar-refractivity contribution in [2.45, 2.75) is 11.7 Å². The summed E-state index contributed by atoms with van der Waals surface area (Å²) in [6.07, 6.45) is 3.62. The molecular formula is C21H23FN8O2S. The van der Waals surface area contributed by atoms with Crippen LogP contribution >= 0.6 is 11.8 Å². The number of aromatic nitrogens is 6. The Kier molecular flexibility index (Phi) is 7.15. The maximum Gasteiger partial charge on any atom is 0.269 e. The lowest BCUT2D eigenvalue weighted by atomic mass is 10.1. The number of hydrogen-bond acceptors (Lipinski definition) is 8. The second-order valence-corrected chi connectivity index (χ2v) is 7.79. The molecule has 1 amide bonds. The first-order chi connectivity index (χ1) is 16.1. The number of thioether (sulfide) groups is 1. The summed E-state index contributed by atoms with van der Waals surface area (Å²) in [4.78, 5) is 21.6. The number of carbonyl (C=O) groups is 1. The normalized spacial score (nSPS) is 11.1. The first-order valence-corrected chi connectivity index (χ1v) is 11.4. The molecule has 12 heteroatoms. The Bertz CT molecular complexity index is 1240. The van der Waals surface area contributed by atoms with Crippen LogP contribution in [0.3, 0.4) is 0 Å². The predicted octanol–water partition coefficient (Wildman–Crippen LogP) is 2.57. The van der Waals surface area contributed by atoms with Crippen molar-refractivity contribution >= 4 is 34.5 Å². The number of H-pyrrole nitrogens is 1. The van der Waals surface area contributed by atoms with Crippen LogP contribution < -0.4 is 10.6 Å². The van der Waals surface area contributed by atoms with Gasteiger partial charge in [-0.2, -0.15) is 10.2 Å². The molecule has 0 aliphatic heterocycles. The molecule has 0 bridgehead atoms. The summed E-state index contributed by atoms with van der Waals surface area (Å²) in [6.45, 7) is 1.93. The van der Waals surface area contributed by atoms with E-state index in [1.807, 2.05) is 6.26 Å². The number of halogens is 1. The first-order valence-electron chi connectivity index (χ1n) is 10.2. The molecule has 0 radical (unpaired) electrons. The Balaban J connectivity index is 1.41. The molecule has 33 heavy (non-hydrogen) atoms. The number of methoxy groups -OCH3 is 1. The topological polar surface area (TPSA) is 123 Å². The zero-order valence-corrected chi connectivity index (χ0v) is 18.9. The number of hydrogen-bond donors (Lipinski definition) is 3. The van der Waals surface area contributed by atoms with E-state index in [0.717, 1.165) is 5.39 Å². The summed E-state index contributed by atoms with van der Waals surface area (Å²) in [5, 5.41) is 18.8. The highest BCUT2D eigenvalue weighted by atomic mass is 32.2. The molecular weight excluding hydrogens is 447 g/mol. The Hall–Kier alpha value is -3.51. The molecule has 1 aromatic carbocycles. The van der Waals surface area contributed by atoms with Gasteiger partial charge in [0.05, 0.1) is 30.4 Å². The predicted molar refractivity (Wildman–Crippen MR) is 124 cm³/mol. The van der Waals surface area contributed by atoms with E-state index in [9.17, 15) is 9.18 Å². The summed E-state index contributed by atoms with van der Waals surface area (Å²) >= 11 is 1.44. The number of anilines is 1. The molecule has 0 unspecified atom stereocenters. The highest BCUT2D eigenvalue weighted by Crippen LogP contribution is 2.23. The second-order valence-electron chi connectivity index (χ2n) is 7.01. The summed E-state index contributed by atoms with van der Waals surface area (Å²) in [7, 11) is 1.64. The molecule has 0 fully saturated rings. The SMILES string of the molecule is COCCNc1nc(SC)nc2c1cnn2CCNC(=O)c1cc(-c2ccc(F)cc2)n[nH]1. The molecule has 0 aliphatic carbocycles. The average molecular weight is 471 g/mol. The van der Waals surface area contributed by atoms with E-state index >= 15 is 0 Å². The third-order valence-corrected chi connectivity index (χ3v) is 5.38. The van der Waals surface area contributed by atoms with Crippen LogP contribution in [-0.4, -0.2) is 68.9 Å². The van der Waals surface area contributed by atoms with E-state index in [4.69, 9.17) is 4.74 Å². The lowest BCUT2D eigenvalue weighted by Gasteiger charge is -2.09. The fourth-order valence-electron chi connectivity index (χ4n) is 3.17. The van der Waals surface area contributed by atoms with Crippen molar-refractivity contribution in [1.82, 2.24) is 35.3 Å². The van der Waals surface area contributed by atoms with E-state index in [-0.39, 0.29) is 11.7 Å². The van der Waals surface area contributed by atoms with Gasteiger partial charge in [0.1, 0.15) is 17.3 Å². The number of nitrogens with one attached hydrogen (secondary N) is 3. The van der Waals surface area contributed by atoms with E-state index in [2.05, 4.69) is 35.9 Å². The summed E-state index contributed by atoms with van der Waals surface area (Å²) in [5.41, 5.74) is 2.28. The summed E-state index contributed by atoms with van der Waals surface area (Å²) in [6, 6.07) is 7.55. The molecule has 10 nitrogen and oxygen atoms in total. The van der Waals surface area contributed by atoms with Crippen molar-refractivity contribution in [3.8, 4) is 11.3 Å². The number of ether oxygens (including phenoxy) is 1. The monoisotopic (exact) mass is 470 g/mol. The number of aromatic amines is 1. The van der Waals surface area contributed by atoms with Crippen LogP contribution in [0.5, 0.6) is 0 Å². The van der Waals surface area contributed by atoms with Crippen molar-refractivity contribution in [1.29, 1.82) is 0 Å². The van der Waals surface area contributed by atoms with Crippen molar-refractivity contribution in [3.05, 3.63) is 48.0 Å². The largest absolute Gasteiger partial charge is 0.383 e. The smallest absolute Gasteiger partial charge is 0.269 e. The van der Waals surface area contributed by atoms with Crippen molar-refractivity contribution in [3.63, 3.8) is 0 Å². The maximum absolute atomic E-state index is 13.1. The minimum Gasteiger partial charge on any atom is -0.383 e. The Morgan fingerprint density at radius 2 is 2.06 bits per heavy atom. The fourth-order valence-corrected chi connectivity index (χ4v) is 3.53. The molecule has 0 spiro atoms. The quantitative estimate of drug-likeness (QED) is 0.184. The van der Waals surface area contributed by atoms with Crippen LogP contribution in [-0.2, 0) is 11.3 Å². The van der Waals surface area contributed by atoms with Gasteiger partial charge in [-0.1, -0.05) is 11.8 Å². The standard InChI is InChI=1S/C21H23FN8O2S/c1-32-10-8-23-18-15-12-25-30(19(15)27-21(26-18)33-2)9-7-24-20(31)17-11-16(28-29-17)13-3-5-14(22)6-4-13/h3-6,11-12H,7-10H2,1-2H3,(H,24,31)(H,28,29)(H,23,26,27). The van der Waals surface area contributed by atoms with E-state index < -0.39 is 0 Å². The van der Waals surface area contributed by atoms with Crippen LogP contribution in [0.2, 0.25) is 0 Å². The minimum atomic E-state index is -0.328. The first kappa shape index (κ1) is 22.7. The zero-order chi connectivity index (χ0) is 23.2. The van der Waals surface area contributed by atoms with Gasteiger partial charge in [-0.25, -0.2) is 19.0 Å². The molecule has 3 heterocycles. The highest BCUT2D eigenvalue weighted by molar-refractivity contribution is 7.98. The van der Waals surface area contributed by atoms with Gasteiger partial charge in [0.2, 0.25) is 0 Å². The maximum atomic E-state index is 13.1. The molecule has 0 aliphatic rings. The highest BCUT2D eigenvalue weighted by Gasteiger charge is 2.14. The van der Waals surface area contributed by atoms with Crippen LogP contribution in [0.1, 0.15) is 10.5 Å². The lowest BCUT2D eigenvalue weighted by Crippen LogP contribution is -2.27. The third-order valence-electron chi connectivity index (χ3n) is 4.83. The van der Waals surface area contributed by atoms with Crippen LogP contribution in [0.4, 0.5) is 10.2 Å². The number of nitrogens with zero attached hydrogens (tertiary/aromatic N) is 5. The Morgan fingerprint density at radius 1 is 1.24 bits per heavy atom. The lowest BCUT2D eigenvalue weighted by molar-refractivity contribution is 0.0947. The fraction of sp³-hybridized carbons (Fsp3) is 0.286. The molecule has 172 valence electrons. The minimum absolute atomic E-state index is 0.298. The average Bonchev–Trinajstić information content (AvgIpc) is 3.47. The molecule has 4 rings (SSSR count). The number of amides is 1. The summed E-state index contributed by atoms with van der Waals surface area (Å²) < 4.78 is 19.9. The van der Waals surface area contributed by atoms with Crippen LogP contribution in [0, 0.1) is 5.82 Å². The van der Waals surface area contributed by atoms with E-state index in [0.29, 0.717) is 59.8 Å². The van der Waals surface area contributed by atoms with Gasteiger partial charge in [-0.05, 0) is 36.6 Å². The van der Waals surface area contributed by atoms with E-state index in [1.165, 1.54) is 23.9 Å². The molecule has 0 saturated carbocycles. The zero-order valence-electron chi connectivity index (χ0n) is 18.1.